The second-order valence-corrected chi connectivity index (χ2v) is 7.40. The Balaban J connectivity index is 2.00. The van der Waals surface area contributed by atoms with E-state index >= 15 is 0 Å². The molecule has 5 heteroatoms. The van der Waals surface area contributed by atoms with Crippen molar-refractivity contribution in [1.29, 1.82) is 0 Å². The number of hydrogen-bond donors (Lipinski definition) is 0. The van der Waals surface area contributed by atoms with Gasteiger partial charge in [-0.2, -0.15) is 0 Å². The maximum absolute atomic E-state index is 5.39. The summed E-state index contributed by atoms with van der Waals surface area (Å²) in [6.07, 6.45) is 0. The molecule has 1 atom stereocenters. The number of nitrogens with zero attached hydrogens (tertiary/aromatic N) is 1. The van der Waals surface area contributed by atoms with Gasteiger partial charge in [0.15, 0.2) is 0 Å². The second kappa shape index (κ2) is 6.02. The molecular weight excluding hydrogens is 417 g/mol. The van der Waals surface area contributed by atoms with Crippen LogP contribution in [0.4, 0.5) is 0 Å². The summed E-state index contributed by atoms with van der Waals surface area (Å²) in [7, 11) is 0. The maximum atomic E-state index is 5.39. The van der Waals surface area contributed by atoms with Gasteiger partial charge in [0.2, 0.25) is 0 Å². The van der Waals surface area contributed by atoms with E-state index in [1.165, 1.54) is 9.99 Å². The number of thiocarbonyl (C=S) groups is 1. The molecule has 0 spiro atoms. The fourth-order valence-electron chi connectivity index (χ4n) is 1.59. The number of thioether (sulfide) groups is 1. The summed E-state index contributed by atoms with van der Waals surface area (Å²) in [6, 6.07) is 8.46. The highest BCUT2D eigenvalue weighted by Gasteiger charge is 2.26. The normalized spacial score (nSPS) is 20.5. The van der Waals surface area contributed by atoms with E-state index < -0.39 is 0 Å². The van der Waals surface area contributed by atoms with Gasteiger partial charge in [0.1, 0.15) is 4.32 Å². The van der Waals surface area contributed by atoms with Gasteiger partial charge in [-0.25, -0.2) is 0 Å². The van der Waals surface area contributed by atoms with Crippen molar-refractivity contribution < 1.29 is 0 Å². The van der Waals surface area contributed by atoms with Crippen LogP contribution in [0, 0.1) is 0 Å². The summed E-state index contributed by atoms with van der Waals surface area (Å²) in [5.74, 6) is 0. The third-order valence-corrected chi connectivity index (χ3v) is 6.25. The molecule has 1 saturated heterocycles. The van der Waals surface area contributed by atoms with Crippen LogP contribution >= 0.6 is 62.5 Å². The first-order valence-electron chi connectivity index (χ1n) is 4.95. The van der Waals surface area contributed by atoms with Crippen LogP contribution in [0.5, 0.6) is 0 Å². The molecule has 1 nitrogen and oxygen atoms in total. The van der Waals surface area contributed by atoms with E-state index in [0.717, 1.165) is 21.9 Å². The highest BCUT2D eigenvalue weighted by atomic mass is 127. The first-order chi connectivity index (χ1) is 7.69. The Kier molecular flexibility index (Phi) is 4.93. The Hall–Kier alpha value is 0.670. The van der Waals surface area contributed by atoms with E-state index in [2.05, 4.69) is 67.7 Å². The molecule has 0 saturated carbocycles. The van der Waals surface area contributed by atoms with Crippen molar-refractivity contribution in [2.24, 2.45) is 0 Å². The summed E-state index contributed by atoms with van der Waals surface area (Å²) in [5, 5.41) is 0.670. The number of benzene rings is 1. The molecule has 1 unspecified atom stereocenters. The quantitative estimate of drug-likeness (QED) is 0.406. The van der Waals surface area contributed by atoms with E-state index in [4.69, 9.17) is 12.2 Å². The summed E-state index contributed by atoms with van der Waals surface area (Å²) in [6.45, 7) is 2.02. The minimum absolute atomic E-state index is 0.670. The van der Waals surface area contributed by atoms with Gasteiger partial charge in [0.05, 0.1) is 0 Å². The Morgan fingerprint density at radius 1 is 1.44 bits per heavy atom. The molecule has 0 aliphatic carbocycles. The standard InChI is InChI=1S/C11H11BrINS2/c12-9-3-1-8(2-4-9)6-14-7-10(5-13)16-11(14)15/h1-4,10H,5-7H2. The van der Waals surface area contributed by atoms with Gasteiger partial charge in [-0.15, -0.1) is 0 Å². The summed E-state index contributed by atoms with van der Waals surface area (Å²) in [4.78, 5) is 2.30. The van der Waals surface area contributed by atoms with E-state index in [9.17, 15) is 0 Å². The largest absolute Gasteiger partial charge is 0.352 e. The van der Waals surface area contributed by atoms with Crippen LogP contribution in [0.2, 0.25) is 0 Å². The molecule has 0 amide bonds. The van der Waals surface area contributed by atoms with Gasteiger partial charge in [-0.3, -0.25) is 0 Å². The van der Waals surface area contributed by atoms with Crippen molar-refractivity contribution >= 4 is 66.8 Å². The highest BCUT2D eigenvalue weighted by Crippen LogP contribution is 2.28. The molecule has 2 rings (SSSR count). The number of rotatable bonds is 3. The zero-order chi connectivity index (χ0) is 11.5. The SMILES string of the molecule is S=C1SC(CI)CN1Cc1ccc(Br)cc1. The predicted octanol–water partition coefficient (Wildman–Crippen LogP) is 4.09. The summed E-state index contributed by atoms with van der Waals surface area (Å²) in [5.41, 5.74) is 1.32. The Morgan fingerprint density at radius 3 is 2.69 bits per heavy atom. The molecule has 1 aromatic rings. The number of alkyl halides is 1. The molecule has 16 heavy (non-hydrogen) atoms. The van der Waals surface area contributed by atoms with Crippen LogP contribution in [0.3, 0.4) is 0 Å². The van der Waals surface area contributed by atoms with Crippen molar-refractivity contribution in [3.63, 3.8) is 0 Å². The van der Waals surface area contributed by atoms with Crippen molar-refractivity contribution in [2.75, 3.05) is 11.0 Å². The zero-order valence-corrected chi connectivity index (χ0v) is 13.9. The molecular formula is C11H11BrINS2. The van der Waals surface area contributed by atoms with E-state index in [-0.39, 0.29) is 0 Å². The molecule has 1 aliphatic rings. The number of halogens is 2. The summed E-state index contributed by atoms with van der Waals surface area (Å²) < 4.78 is 3.34. The minimum Gasteiger partial charge on any atom is -0.352 e. The molecule has 1 aromatic carbocycles. The Labute approximate surface area is 128 Å². The lowest BCUT2D eigenvalue weighted by Crippen LogP contribution is -2.24. The first kappa shape index (κ1) is 13.1. The van der Waals surface area contributed by atoms with Crippen LogP contribution in [0.15, 0.2) is 28.7 Å². The molecule has 1 aliphatic heterocycles. The lowest BCUT2D eigenvalue weighted by Gasteiger charge is -2.17. The first-order valence-corrected chi connectivity index (χ1v) is 8.55. The van der Waals surface area contributed by atoms with Crippen LogP contribution in [-0.2, 0) is 6.54 Å². The third kappa shape index (κ3) is 3.34. The molecule has 86 valence electrons. The smallest absolute Gasteiger partial charge is 0.137 e. The molecule has 0 aromatic heterocycles. The second-order valence-electron chi connectivity index (χ2n) is 3.67. The maximum Gasteiger partial charge on any atom is 0.137 e. The van der Waals surface area contributed by atoms with E-state index in [0.29, 0.717) is 5.25 Å². The van der Waals surface area contributed by atoms with E-state index in [1.807, 2.05) is 11.8 Å². The van der Waals surface area contributed by atoms with Gasteiger partial charge in [0, 0.05) is 27.2 Å². The average Bonchev–Trinajstić information content (AvgIpc) is 2.63. The van der Waals surface area contributed by atoms with Gasteiger partial charge in [-0.05, 0) is 17.7 Å². The molecule has 0 bridgehead atoms. The molecule has 1 fully saturated rings. The van der Waals surface area contributed by atoms with Crippen LogP contribution in [-0.4, -0.2) is 25.4 Å². The zero-order valence-electron chi connectivity index (χ0n) is 8.53. The highest BCUT2D eigenvalue weighted by molar-refractivity contribution is 14.1. The monoisotopic (exact) mass is 427 g/mol. The van der Waals surface area contributed by atoms with Gasteiger partial charge < -0.3 is 4.90 Å². The predicted molar refractivity (Wildman–Crippen MR) is 87.4 cm³/mol. The van der Waals surface area contributed by atoms with Gasteiger partial charge >= 0.3 is 0 Å². The fourth-order valence-corrected chi connectivity index (χ4v) is 4.11. The van der Waals surface area contributed by atoms with Crippen LogP contribution in [0.25, 0.3) is 0 Å². The van der Waals surface area contributed by atoms with Crippen molar-refractivity contribution in [2.45, 2.75) is 11.8 Å². The fraction of sp³-hybridized carbons (Fsp3) is 0.364. The molecule has 1 heterocycles. The Morgan fingerprint density at radius 2 is 2.12 bits per heavy atom. The Bertz CT molecular complexity index is 382. The van der Waals surface area contributed by atoms with Gasteiger partial charge in [-0.1, -0.05) is 74.6 Å². The minimum atomic E-state index is 0.670. The third-order valence-electron chi connectivity index (χ3n) is 2.41. The van der Waals surface area contributed by atoms with Crippen molar-refractivity contribution in [1.82, 2.24) is 4.90 Å². The van der Waals surface area contributed by atoms with Crippen LogP contribution in [0.1, 0.15) is 5.56 Å². The average molecular weight is 428 g/mol. The lowest BCUT2D eigenvalue weighted by atomic mass is 10.2. The van der Waals surface area contributed by atoms with Crippen LogP contribution < -0.4 is 0 Å². The topological polar surface area (TPSA) is 3.24 Å². The van der Waals surface area contributed by atoms with Gasteiger partial charge in [0.25, 0.3) is 0 Å². The van der Waals surface area contributed by atoms with Crippen molar-refractivity contribution in [3.05, 3.63) is 34.3 Å². The van der Waals surface area contributed by atoms with E-state index in [1.54, 1.807) is 0 Å². The molecule has 0 radical (unpaired) electrons. The summed E-state index contributed by atoms with van der Waals surface area (Å²) >= 11 is 13.1. The van der Waals surface area contributed by atoms with Crippen molar-refractivity contribution in [3.8, 4) is 0 Å². The molecule has 0 N–H and O–H groups in total. The lowest BCUT2D eigenvalue weighted by molar-refractivity contribution is 0.445. The number of hydrogen-bond acceptors (Lipinski definition) is 2.